The Balaban J connectivity index is 2.76. The van der Waals surface area contributed by atoms with E-state index in [0.29, 0.717) is 0 Å². The van der Waals surface area contributed by atoms with Gasteiger partial charge in [0.1, 0.15) is 0 Å². The van der Waals surface area contributed by atoms with Crippen molar-refractivity contribution in [2.75, 3.05) is 12.8 Å². The lowest BCUT2D eigenvalue weighted by Crippen LogP contribution is -2.33. The van der Waals surface area contributed by atoms with Crippen LogP contribution in [0.25, 0.3) is 0 Å². The van der Waals surface area contributed by atoms with Crippen LogP contribution < -0.4 is 5.32 Å². The predicted octanol–water partition coefficient (Wildman–Crippen LogP) is 2.98. The van der Waals surface area contributed by atoms with Crippen LogP contribution in [0.15, 0.2) is 29.2 Å². The highest BCUT2D eigenvalue weighted by molar-refractivity contribution is 7.99. The van der Waals surface area contributed by atoms with Crippen molar-refractivity contribution in [3.63, 3.8) is 0 Å². The second-order valence-corrected chi connectivity index (χ2v) is 4.91. The number of likely N-dealkylation sites (N-methyl/N-ethyl adjacent to an activating group) is 1. The van der Waals surface area contributed by atoms with Crippen LogP contribution in [-0.2, 0) is 0 Å². The van der Waals surface area contributed by atoms with E-state index in [0.717, 1.165) is 17.7 Å². The molecule has 0 amide bonds. The van der Waals surface area contributed by atoms with E-state index in [4.69, 9.17) is 0 Å². The van der Waals surface area contributed by atoms with E-state index < -0.39 is 0 Å². The topological polar surface area (TPSA) is 29.1 Å². The molecule has 1 rings (SSSR count). The number of hydrogen-bond donors (Lipinski definition) is 1. The molecule has 1 unspecified atom stereocenters. The van der Waals surface area contributed by atoms with Gasteiger partial charge in [0.05, 0.1) is 6.04 Å². The molecule has 88 valence electrons. The zero-order valence-electron chi connectivity index (χ0n) is 10.1. The normalized spacial score (nSPS) is 12.4. The summed E-state index contributed by atoms with van der Waals surface area (Å²) >= 11 is 1.79. The summed E-state index contributed by atoms with van der Waals surface area (Å²) in [4.78, 5) is 13.2. The maximum atomic E-state index is 12.0. The molecule has 1 atom stereocenters. The van der Waals surface area contributed by atoms with Crippen LogP contribution in [-0.4, -0.2) is 24.6 Å². The largest absolute Gasteiger partial charge is 0.310 e. The van der Waals surface area contributed by atoms with Gasteiger partial charge in [0, 0.05) is 10.5 Å². The maximum Gasteiger partial charge on any atom is 0.179 e. The molecule has 16 heavy (non-hydrogen) atoms. The van der Waals surface area contributed by atoms with Crippen molar-refractivity contribution in [2.24, 2.45) is 0 Å². The van der Waals surface area contributed by atoms with Gasteiger partial charge in [-0.3, -0.25) is 4.79 Å². The highest BCUT2D eigenvalue weighted by Crippen LogP contribution is 2.18. The highest BCUT2D eigenvalue weighted by atomic mass is 32.2. The lowest BCUT2D eigenvalue weighted by atomic mass is 10.0. The molecule has 1 aromatic rings. The second kappa shape index (κ2) is 6.71. The summed E-state index contributed by atoms with van der Waals surface area (Å²) in [5, 5.41) is 3.04. The molecule has 0 spiro atoms. The van der Waals surface area contributed by atoms with E-state index in [9.17, 15) is 4.79 Å². The van der Waals surface area contributed by atoms with E-state index in [2.05, 4.69) is 12.2 Å². The van der Waals surface area contributed by atoms with Gasteiger partial charge in [-0.1, -0.05) is 26.0 Å². The smallest absolute Gasteiger partial charge is 0.179 e. The minimum absolute atomic E-state index is 0.0651. The third-order valence-corrected chi connectivity index (χ3v) is 3.42. The molecule has 1 N–H and O–H groups in total. The van der Waals surface area contributed by atoms with E-state index in [1.807, 2.05) is 38.2 Å². The van der Waals surface area contributed by atoms with Gasteiger partial charge in [-0.25, -0.2) is 0 Å². The zero-order valence-corrected chi connectivity index (χ0v) is 10.9. The summed E-state index contributed by atoms with van der Waals surface area (Å²) in [5.41, 5.74) is 0.793. The van der Waals surface area contributed by atoms with Gasteiger partial charge >= 0.3 is 0 Å². The van der Waals surface area contributed by atoms with Gasteiger partial charge in [0.25, 0.3) is 0 Å². The lowest BCUT2D eigenvalue weighted by Gasteiger charge is -2.12. The first-order valence-corrected chi connectivity index (χ1v) is 6.65. The zero-order chi connectivity index (χ0) is 12.0. The molecule has 0 aliphatic carbocycles. The Morgan fingerprint density at radius 2 is 1.94 bits per heavy atom. The molecular formula is C13H19NOS. The van der Waals surface area contributed by atoms with Crippen LogP contribution in [0.5, 0.6) is 0 Å². The number of carbonyl (C=O) groups is 1. The summed E-state index contributed by atoms with van der Waals surface area (Å²) in [7, 11) is 1.83. The minimum Gasteiger partial charge on any atom is -0.310 e. The SMILES string of the molecule is CCSc1ccc(C(=O)C(CC)NC)cc1. The van der Waals surface area contributed by atoms with Crippen molar-refractivity contribution in [1.82, 2.24) is 5.32 Å². The molecule has 0 saturated heterocycles. The van der Waals surface area contributed by atoms with Crippen molar-refractivity contribution in [1.29, 1.82) is 0 Å². The molecule has 0 radical (unpaired) electrons. The molecule has 0 fully saturated rings. The summed E-state index contributed by atoms with van der Waals surface area (Å²) in [6.07, 6.45) is 0.820. The van der Waals surface area contributed by atoms with Gasteiger partial charge in [0.15, 0.2) is 5.78 Å². The molecule has 3 heteroatoms. The number of carbonyl (C=O) groups excluding carboxylic acids is 1. The van der Waals surface area contributed by atoms with Gasteiger partial charge in [-0.15, -0.1) is 11.8 Å². The summed E-state index contributed by atoms with van der Waals surface area (Å²) in [5.74, 6) is 1.24. The van der Waals surface area contributed by atoms with Gasteiger partial charge in [0.2, 0.25) is 0 Å². The van der Waals surface area contributed by atoms with Crippen LogP contribution in [0.3, 0.4) is 0 Å². The van der Waals surface area contributed by atoms with E-state index in [1.54, 1.807) is 11.8 Å². The van der Waals surface area contributed by atoms with E-state index in [1.165, 1.54) is 4.90 Å². The highest BCUT2D eigenvalue weighted by Gasteiger charge is 2.15. The molecule has 0 bridgehead atoms. The van der Waals surface area contributed by atoms with E-state index in [-0.39, 0.29) is 11.8 Å². The average Bonchev–Trinajstić information content (AvgIpc) is 2.32. The van der Waals surface area contributed by atoms with Crippen LogP contribution >= 0.6 is 11.8 Å². The first kappa shape index (κ1) is 13.3. The summed E-state index contributed by atoms with van der Waals surface area (Å²) in [6, 6.07) is 7.80. The Hall–Kier alpha value is -0.800. The Morgan fingerprint density at radius 3 is 2.38 bits per heavy atom. The van der Waals surface area contributed by atoms with Crippen LogP contribution in [0.4, 0.5) is 0 Å². The van der Waals surface area contributed by atoms with Crippen molar-refractivity contribution in [3.05, 3.63) is 29.8 Å². The number of Topliss-reactive ketones (excluding diaryl/α,β-unsaturated/α-hetero) is 1. The summed E-state index contributed by atoms with van der Waals surface area (Å²) < 4.78 is 0. The molecule has 0 aliphatic rings. The number of benzene rings is 1. The Labute approximate surface area is 102 Å². The van der Waals surface area contributed by atoms with Crippen molar-refractivity contribution >= 4 is 17.5 Å². The standard InChI is InChI=1S/C13H19NOS/c1-4-12(14-3)13(15)10-6-8-11(9-7-10)16-5-2/h6-9,12,14H,4-5H2,1-3H3. The van der Waals surface area contributed by atoms with E-state index >= 15 is 0 Å². The number of nitrogens with one attached hydrogen (secondary N) is 1. The maximum absolute atomic E-state index is 12.0. The first-order valence-electron chi connectivity index (χ1n) is 5.67. The monoisotopic (exact) mass is 237 g/mol. The first-order chi connectivity index (χ1) is 7.72. The number of hydrogen-bond acceptors (Lipinski definition) is 3. The van der Waals surface area contributed by atoms with Crippen molar-refractivity contribution < 1.29 is 4.79 Å². The predicted molar refractivity (Wildman–Crippen MR) is 70.3 cm³/mol. The fraction of sp³-hybridized carbons (Fsp3) is 0.462. The van der Waals surface area contributed by atoms with Crippen molar-refractivity contribution in [2.45, 2.75) is 31.2 Å². The van der Waals surface area contributed by atoms with Gasteiger partial charge in [-0.05, 0) is 31.4 Å². The molecular weight excluding hydrogens is 218 g/mol. The third kappa shape index (κ3) is 3.35. The summed E-state index contributed by atoms with van der Waals surface area (Å²) in [6.45, 7) is 4.14. The molecule has 0 heterocycles. The molecule has 1 aromatic carbocycles. The minimum atomic E-state index is -0.0651. The Bertz CT molecular complexity index is 330. The average molecular weight is 237 g/mol. The van der Waals surface area contributed by atoms with Gasteiger partial charge in [-0.2, -0.15) is 0 Å². The van der Waals surface area contributed by atoms with Crippen molar-refractivity contribution in [3.8, 4) is 0 Å². The van der Waals surface area contributed by atoms with Crippen LogP contribution in [0.1, 0.15) is 30.6 Å². The second-order valence-electron chi connectivity index (χ2n) is 3.57. The fourth-order valence-corrected chi connectivity index (χ4v) is 2.27. The number of rotatable bonds is 6. The molecule has 2 nitrogen and oxygen atoms in total. The Kier molecular flexibility index (Phi) is 5.56. The molecule has 0 aliphatic heterocycles. The third-order valence-electron chi connectivity index (χ3n) is 2.52. The molecule has 0 saturated carbocycles. The Morgan fingerprint density at radius 1 is 1.31 bits per heavy atom. The lowest BCUT2D eigenvalue weighted by molar-refractivity contribution is 0.0945. The van der Waals surface area contributed by atoms with Gasteiger partial charge < -0.3 is 5.32 Å². The number of ketones is 1. The quantitative estimate of drug-likeness (QED) is 0.609. The van der Waals surface area contributed by atoms with Crippen LogP contribution in [0.2, 0.25) is 0 Å². The molecule has 0 aromatic heterocycles. The van der Waals surface area contributed by atoms with Crippen LogP contribution in [0, 0.1) is 0 Å². The number of thioether (sulfide) groups is 1. The fourth-order valence-electron chi connectivity index (χ4n) is 1.60.